The molecular formula is C16H20O9. The van der Waals surface area contributed by atoms with E-state index in [2.05, 4.69) is 6.58 Å². The lowest BCUT2D eigenvalue weighted by atomic mass is 9.94. The van der Waals surface area contributed by atoms with Crippen molar-refractivity contribution in [2.45, 2.75) is 43.4 Å². The van der Waals surface area contributed by atoms with Crippen LogP contribution in [-0.2, 0) is 23.7 Å². The van der Waals surface area contributed by atoms with E-state index in [-0.39, 0.29) is 12.2 Å². The molecule has 3 aliphatic rings. The molecule has 138 valence electrons. The molecule has 9 heteroatoms. The molecular weight excluding hydrogens is 336 g/mol. The number of hydrogen-bond acceptors (Lipinski definition) is 9. The molecule has 0 aromatic carbocycles. The second kappa shape index (κ2) is 7.24. The molecule has 0 saturated carbocycles. The molecule has 0 aliphatic carbocycles. The lowest BCUT2D eigenvalue weighted by Gasteiger charge is -2.41. The first kappa shape index (κ1) is 18.1. The van der Waals surface area contributed by atoms with Crippen LogP contribution in [-0.4, -0.2) is 76.6 Å². The largest absolute Gasteiger partial charge is 0.467 e. The number of aliphatic hydroxyl groups is 4. The molecule has 0 aromatic heterocycles. The number of carbonyl (C=O) groups excluding carboxylic acids is 1. The summed E-state index contributed by atoms with van der Waals surface area (Å²) in [6, 6.07) is 0. The number of rotatable bonds is 4. The van der Waals surface area contributed by atoms with E-state index >= 15 is 0 Å². The minimum Gasteiger partial charge on any atom is -0.467 e. The van der Waals surface area contributed by atoms with Crippen molar-refractivity contribution in [2.75, 3.05) is 13.2 Å². The summed E-state index contributed by atoms with van der Waals surface area (Å²) >= 11 is 0. The maximum Gasteiger partial charge on any atom is 0.341 e. The smallest absolute Gasteiger partial charge is 0.341 e. The molecule has 3 rings (SSSR count). The second-order valence-corrected chi connectivity index (χ2v) is 5.86. The Morgan fingerprint density at radius 1 is 1.28 bits per heavy atom. The van der Waals surface area contributed by atoms with Gasteiger partial charge in [0.15, 0.2) is 6.29 Å². The van der Waals surface area contributed by atoms with Crippen molar-refractivity contribution in [1.29, 1.82) is 0 Å². The van der Waals surface area contributed by atoms with Gasteiger partial charge in [-0.25, -0.2) is 4.79 Å². The Balaban J connectivity index is 1.80. The molecule has 0 bridgehead atoms. The van der Waals surface area contributed by atoms with Gasteiger partial charge in [0, 0.05) is 12.0 Å². The molecule has 0 unspecified atom stereocenters. The standard InChI is InChI=1S/C16H20O9/c1-2-7-8-3-4-22-14(21)9(8)6-23-15(7)25-16-13(20)12(19)11(18)10(5-17)24-16/h2,6,10-13,15-20H,1,3-5H2/t10-,11-,12+,13-,15+,16+/m1/s1. The number of aliphatic hydroxyl groups excluding tert-OH is 4. The highest BCUT2D eigenvalue weighted by molar-refractivity contribution is 5.94. The minimum atomic E-state index is -1.56. The van der Waals surface area contributed by atoms with Gasteiger partial charge in [-0.05, 0) is 5.57 Å². The second-order valence-electron chi connectivity index (χ2n) is 5.86. The van der Waals surface area contributed by atoms with Gasteiger partial charge in [-0.15, -0.1) is 0 Å². The van der Waals surface area contributed by atoms with E-state index < -0.39 is 49.6 Å². The van der Waals surface area contributed by atoms with Crippen molar-refractivity contribution in [2.24, 2.45) is 0 Å². The van der Waals surface area contributed by atoms with E-state index in [9.17, 15) is 25.2 Å². The number of fused-ring (bicyclic) bond motifs is 1. The molecule has 0 spiro atoms. The topological polar surface area (TPSA) is 135 Å². The number of cyclic esters (lactones) is 1. The fourth-order valence-electron chi connectivity index (χ4n) is 2.97. The summed E-state index contributed by atoms with van der Waals surface area (Å²) in [5.41, 5.74) is 1.41. The lowest BCUT2D eigenvalue weighted by Crippen LogP contribution is -2.59. The van der Waals surface area contributed by atoms with Gasteiger partial charge in [0.2, 0.25) is 6.29 Å². The normalized spacial score (nSPS) is 38.4. The Bertz CT molecular complexity index is 609. The van der Waals surface area contributed by atoms with Crippen molar-refractivity contribution >= 4 is 5.97 Å². The summed E-state index contributed by atoms with van der Waals surface area (Å²) in [7, 11) is 0. The highest BCUT2D eigenvalue weighted by Crippen LogP contribution is 2.34. The first-order valence-electron chi connectivity index (χ1n) is 7.82. The Morgan fingerprint density at radius 3 is 2.72 bits per heavy atom. The van der Waals surface area contributed by atoms with E-state index in [0.717, 1.165) is 0 Å². The zero-order chi connectivity index (χ0) is 18.1. The van der Waals surface area contributed by atoms with Gasteiger partial charge in [0.05, 0.1) is 18.8 Å². The number of ether oxygens (including phenoxy) is 4. The van der Waals surface area contributed by atoms with Crippen LogP contribution in [0.2, 0.25) is 0 Å². The van der Waals surface area contributed by atoms with Crippen LogP contribution in [0.5, 0.6) is 0 Å². The summed E-state index contributed by atoms with van der Waals surface area (Å²) in [6.07, 6.45) is -4.96. The van der Waals surface area contributed by atoms with Crippen molar-refractivity contribution in [3.05, 3.63) is 35.6 Å². The minimum absolute atomic E-state index is 0.218. The Morgan fingerprint density at radius 2 is 2.04 bits per heavy atom. The van der Waals surface area contributed by atoms with Crippen LogP contribution in [0.1, 0.15) is 6.42 Å². The van der Waals surface area contributed by atoms with Crippen molar-refractivity contribution in [3.63, 3.8) is 0 Å². The lowest BCUT2D eigenvalue weighted by molar-refractivity contribution is -0.326. The monoisotopic (exact) mass is 356 g/mol. The molecule has 3 heterocycles. The summed E-state index contributed by atoms with van der Waals surface area (Å²) in [6.45, 7) is 3.34. The Kier molecular flexibility index (Phi) is 5.23. The van der Waals surface area contributed by atoms with E-state index in [1.54, 1.807) is 0 Å². The van der Waals surface area contributed by atoms with E-state index in [1.807, 2.05) is 0 Å². The summed E-state index contributed by atoms with van der Waals surface area (Å²) in [5, 5.41) is 38.9. The molecule has 3 aliphatic heterocycles. The zero-order valence-corrected chi connectivity index (χ0v) is 13.3. The van der Waals surface area contributed by atoms with Crippen LogP contribution in [0.3, 0.4) is 0 Å². The van der Waals surface area contributed by atoms with Crippen LogP contribution >= 0.6 is 0 Å². The first-order chi connectivity index (χ1) is 12.0. The third kappa shape index (κ3) is 3.22. The van der Waals surface area contributed by atoms with Gasteiger partial charge in [-0.2, -0.15) is 0 Å². The van der Waals surface area contributed by atoms with Crippen molar-refractivity contribution in [3.8, 4) is 0 Å². The Labute approximate surface area is 143 Å². The maximum atomic E-state index is 11.8. The quantitative estimate of drug-likeness (QED) is 0.443. The van der Waals surface area contributed by atoms with Crippen LogP contribution in [0.4, 0.5) is 0 Å². The number of esters is 1. The molecule has 2 fully saturated rings. The van der Waals surface area contributed by atoms with Gasteiger partial charge in [-0.3, -0.25) is 0 Å². The van der Waals surface area contributed by atoms with Crippen LogP contribution in [0, 0.1) is 0 Å². The number of carbonyl (C=O) groups is 1. The van der Waals surface area contributed by atoms with Gasteiger partial charge in [-0.1, -0.05) is 12.7 Å². The highest BCUT2D eigenvalue weighted by Gasteiger charge is 2.46. The van der Waals surface area contributed by atoms with Gasteiger partial charge in [0.1, 0.15) is 30.7 Å². The van der Waals surface area contributed by atoms with Gasteiger partial charge >= 0.3 is 5.97 Å². The van der Waals surface area contributed by atoms with Gasteiger partial charge in [0.25, 0.3) is 0 Å². The van der Waals surface area contributed by atoms with E-state index in [4.69, 9.17) is 18.9 Å². The van der Waals surface area contributed by atoms with Crippen molar-refractivity contribution < 1.29 is 44.2 Å². The van der Waals surface area contributed by atoms with Crippen LogP contribution in [0.15, 0.2) is 35.6 Å². The maximum absolute atomic E-state index is 11.8. The average Bonchev–Trinajstić information content (AvgIpc) is 2.62. The van der Waals surface area contributed by atoms with Crippen LogP contribution < -0.4 is 0 Å². The number of hydrogen-bond donors (Lipinski definition) is 4. The summed E-state index contributed by atoms with van der Waals surface area (Å²) in [4.78, 5) is 11.8. The molecule has 2 saturated heterocycles. The molecule has 25 heavy (non-hydrogen) atoms. The van der Waals surface area contributed by atoms with E-state index in [0.29, 0.717) is 17.6 Å². The van der Waals surface area contributed by atoms with Crippen molar-refractivity contribution in [1.82, 2.24) is 0 Å². The fraction of sp³-hybridized carbons (Fsp3) is 0.562. The summed E-state index contributed by atoms with van der Waals surface area (Å²) < 4.78 is 21.2. The average molecular weight is 356 g/mol. The molecule has 0 radical (unpaired) electrons. The SMILES string of the molecule is C=CC1=C2CCOC(=O)C2=CO[C@H]1O[C@@H]1O[C@H](CO)[C@@H](O)[C@H](O)[C@H]1O. The van der Waals surface area contributed by atoms with E-state index in [1.165, 1.54) is 12.3 Å². The first-order valence-corrected chi connectivity index (χ1v) is 7.82. The Hall–Kier alpha value is -1.75. The highest BCUT2D eigenvalue weighted by atomic mass is 16.8. The summed E-state index contributed by atoms with van der Waals surface area (Å²) in [5.74, 6) is -0.508. The third-order valence-corrected chi connectivity index (χ3v) is 4.37. The predicted molar refractivity (Wildman–Crippen MR) is 80.6 cm³/mol. The molecule has 9 nitrogen and oxygen atoms in total. The zero-order valence-electron chi connectivity index (χ0n) is 13.3. The van der Waals surface area contributed by atoms with Crippen LogP contribution in [0.25, 0.3) is 0 Å². The third-order valence-electron chi connectivity index (χ3n) is 4.37. The van der Waals surface area contributed by atoms with Gasteiger partial charge < -0.3 is 39.4 Å². The molecule has 0 amide bonds. The fourth-order valence-corrected chi connectivity index (χ4v) is 2.97. The predicted octanol–water partition coefficient (Wildman–Crippen LogP) is -1.53. The molecule has 0 aromatic rings. The molecule has 6 atom stereocenters. The molecule has 4 N–H and O–H groups in total.